The molecule has 0 N–H and O–H groups in total. The zero-order valence-electron chi connectivity index (χ0n) is 14.3. The van der Waals surface area contributed by atoms with Crippen LogP contribution in [-0.2, 0) is 20.1 Å². The van der Waals surface area contributed by atoms with Crippen LogP contribution in [-0.4, -0.2) is 23.9 Å². The summed E-state index contributed by atoms with van der Waals surface area (Å²) in [7, 11) is 2.01. The van der Waals surface area contributed by atoms with Crippen molar-refractivity contribution in [2.45, 2.75) is 51.6 Å². The number of para-hydroxylation sites is 2. The van der Waals surface area contributed by atoms with Gasteiger partial charge >= 0.3 is 5.69 Å². The fourth-order valence-electron chi connectivity index (χ4n) is 3.54. The van der Waals surface area contributed by atoms with Crippen LogP contribution in [0.4, 0.5) is 0 Å². The van der Waals surface area contributed by atoms with Crippen LogP contribution < -0.4 is 5.69 Å². The second kappa shape index (κ2) is 5.92. The first-order chi connectivity index (χ1) is 11.7. The third kappa shape index (κ3) is 2.28. The molecule has 0 aliphatic heterocycles. The minimum absolute atomic E-state index is 0.0336. The van der Waals surface area contributed by atoms with Gasteiger partial charge in [0.1, 0.15) is 5.82 Å². The average Bonchev–Trinajstić information content (AvgIpc) is 3.01. The lowest BCUT2D eigenvalue weighted by atomic mass is 9.85. The van der Waals surface area contributed by atoms with Gasteiger partial charge in [0, 0.05) is 19.5 Å². The molecule has 24 heavy (non-hydrogen) atoms. The molecule has 1 aliphatic rings. The van der Waals surface area contributed by atoms with E-state index in [0.717, 1.165) is 35.6 Å². The second-order valence-corrected chi connectivity index (χ2v) is 6.67. The molecule has 2 aromatic heterocycles. The van der Waals surface area contributed by atoms with Crippen LogP contribution in [0.3, 0.4) is 0 Å². The Bertz CT molecular complexity index is 929. The SMILES string of the molecule is CCCn1c(=O)n(Cc2nnc(C3CCC3)n2C)c2ccccc21. The number of imidazole rings is 1. The summed E-state index contributed by atoms with van der Waals surface area (Å²) in [6, 6.07) is 7.98. The van der Waals surface area contributed by atoms with Crippen molar-refractivity contribution in [2.75, 3.05) is 0 Å². The summed E-state index contributed by atoms with van der Waals surface area (Å²) in [6.45, 7) is 3.29. The van der Waals surface area contributed by atoms with Gasteiger partial charge in [0.25, 0.3) is 0 Å². The molecule has 1 aromatic carbocycles. The fourth-order valence-corrected chi connectivity index (χ4v) is 3.54. The molecule has 1 fully saturated rings. The molecule has 0 radical (unpaired) electrons. The van der Waals surface area contributed by atoms with Gasteiger partial charge in [-0.3, -0.25) is 9.13 Å². The van der Waals surface area contributed by atoms with Crippen molar-refractivity contribution in [3.63, 3.8) is 0 Å². The highest BCUT2D eigenvalue weighted by molar-refractivity contribution is 5.76. The smallest absolute Gasteiger partial charge is 0.316 e. The van der Waals surface area contributed by atoms with Gasteiger partial charge in [0.2, 0.25) is 0 Å². The summed E-state index contributed by atoms with van der Waals surface area (Å²) in [5, 5.41) is 8.74. The van der Waals surface area contributed by atoms with Gasteiger partial charge in [-0.1, -0.05) is 25.5 Å². The van der Waals surface area contributed by atoms with Gasteiger partial charge < -0.3 is 4.57 Å². The predicted molar refractivity (Wildman–Crippen MR) is 93.2 cm³/mol. The Hall–Kier alpha value is -2.37. The van der Waals surface area contributed by atoms with Crippen molar-refractivity contribution >= 4 is 11.0 Å². The maximum absolute atomic E-state index is 12.9. The summed E-state index contributed by atoms with van der Waals surface area (Å²) >= 11 is 0. The summed E-state index contributed by atoms with van der Waals surface area (Å²) in [4.78, 5) is 12.9. The largest absolute Gasteiger partial charge is 0.329 e. The molecule has 4 rings (SSSR count). The van der Waals surface area contributed by atoms with E-state index >= 15 is 0 Å². The molecule has 1 aliphatic carbocycles. The number of hydrogen-bond donors (Lipinski definition) is 0. The summed E-state index contributed by atoms with van der Waals surface area (Å²) in [5.41, 5.74) is 1.99. The zero-order valence-corrected chi connectivity index (χ0v) is 14.3. The Balaban J connectivity index is 1.76. The number of aromatic nitrogens is 5. The van der Waals surface area contributed by atoms with Crippen molar-refractivity contribution in [1.82, 2.24) is 23.9 Å². The van der Waals surface area contributed by atoms with Crippen molar-refractivity contribution in [1.29, 1.82) is 0 Å². The summed E-state index contributed by atoms with van der Waals surface area (Å²) in [6.07, 6.45) is 4.60. The molecule has 0 saturated heterocycles. The average molecular weight is 325 g/mol. The molecular formula is C18H23N5O. The molecule has 2 heterocycles. The van der Waals surface area contributed by atoms with Crippen LogP contribution in [0.25, 0.3) is 11.0 Å². The number of nitrogens with zero attached hydrogens (tertiary/aromatic N) is 5. The van der Waals surface area contributed by atoms with E-state index < -0.39 is 0 Å². The van der Waals surface area contributed by atoms with E-state index in [0.29, 0.717) is 12.5 Å². The number of rotatable bonds is 5. The highest BCUT2D eigenvalue weighted by Crippen LogP contribution is 2.35. The van der Waals surface area contributed by atoms with Crippen molar-refractivity contribution in [3.8, 4) is 0 Å². The molecule has 6 nitrogen and oxygen atoms in total. The molecular weight excluding hydrogens is 302 g/mol. The van der Waals surface area contributed by atoms with E-state index in [2.05, 4.69) is 21.7 Å². The highest BCUT2D eigenvalue weighted by Gasteiger charge is 2.25. The molecule has 0 atom stereocenters. The van der Waals surface area contributed by atoms with Crippen molar-refractivity contribution in [3.05, 3.63) is 46.4 Å². The van der Waals surface area contributed by atoms with Crippen molar-refractivity contribution in [2.24, 2.45) is 7.05 Å². The van der Waals surface area contributed by atoms with Gasteiger partial charge in [-0.25, -0.2) is 4.79 Å². The van der Waals surface area contributed by atoms with Crippen LogP contribution in [0.15, 0.2) is 29.1 Å². The van der Waals surface area contributed by atoms with E-state index in [-0.39, 0.29) is 5.69 Å². The van der Waals surface area contributed by atoms with Crippen LogP contribution in [0.5, 0.6) is 0 Å². The standard InChI is InChI=1S/C18H23N5O/c1-3-11-22-14-9-4-5-10-15(14)23(18(22)24)12-16-19-20-17(21(16)2)13-7-6-8-13/h4-5,9-10,13H,3,6-8,11-12H2,1-2H3. The van der Waals surface area contributed by atoms with Gasteiger partial charge in [-0.05, 0) is 31.4 Å². The normalized spacial score (nSPS) is 15.1. The van der Waals surface area contributed by atoms with E-state index in [1.807, 2.05) is 40.4 Å². The Morgan fingerprint density at radius 3 is 2.46 bits per heavy atom. The van der Waals surface area contributed by atoms with E-state index in [9.17, 15) is 4.79 Å². The lowest BCUT2D eigenvalue weighted by Crippen LogP contribution is -2.26. The van der Waals surface area contributed by atoms with Crippen LogP contribution in [0.2, 0.25) is 0 Å². The Morgan fingerprint density at radius 1 is 1.12 bits per heavy atom. The maximum atomic E-state index is 12.9. The second-order valence-electron chi connectivity index (χ2n) is 6.67. The molecule has 0 spiro atoms. The number of aryl methyl sites for hydroxylation is 1. The number of hydrogen-bond acceptors (Lipinski definition) is 3. The van der Waals surface area contributed by atoms with Gasteiger partial charge in [0.15, 0.2) is 5.82 Å². The Labute approximate surface area is 140 Å². The lowest BCUT2D eigenvalue weighted by molar-refractivity contribution is 0.391. The minimum atomic E-state index is 0.0336. The summed E-state index contributed by atoms with van der Waals surface area (Å²) < 4.78 is 5.75. The molecule has 0 amide bonds. The first kappa shape index (κ1) is 15.2. The molecule has 3 aromatic rings. The molecule has 0 bridgehead atoms. The van der Waals surface area contributed by atoms with Gasteiger partial charge in [-0.2, -0.15) is 0 Å². The molecule has 0 unspecified atom stereocenters. The quantitative estimate of drug-likeness (QED) is 0.724. The Kier molecular flexibility index (Phi) is 3.75. The third-order valence-electron chi connectivity index (χ3n) is 5.14. The third-order valence-corrected chi connectivity index (χ3v) is 5.14. The minimum Gasteiger partial charge on any atom is -0.316 e. The van der Waals surface area contributed by atoms with Crippen LogP contribution >= 0.6 is 0 Å². The van der Waals surface area contributed by atoms with E-state index in [1.165, 1.54) is 19.3 Å². The van der Waals surface area contributed by atoms with Crippen LogP contribution in [0.1, 0.15) is 50.2 Å². The van der Waals surface area contributed by atoms with Gasteiger partial charge in [-0.15, -0.1) is 10.2 Å². The number of fused-ring (bicyclic) bond motifs is 1. The molecule has 6 heteroatoms. The number of benzene rings is 1. The highest BCUT2D eigenvalue weighted by atomic mass is 16.1. The molecule has 1 saturated carbocycles. The van der Waals surface area contributed by atoms with Crippen molar-refractivity contribution < 1.29 is 0 Å². The summed E-state index contributed by atoms with van der Waals surface area (Å²) in [5.74, 6) is 2.44. The zero-order chi connectivity index (χ0) is 16.7. The molecule has 126 valence electrons. The van der Waals surface area contributed by atoms with E-state index in [4.69, 9.17) is 0 Å². The lowest BCUT2D eigenvalue weighted by Gasteiger charge is -2.24. The van der Waals surface area contributed by atoms with Gasteiger partial charge in [0.05, 0.1) is 17.6 Å². The predicted octanol–water partition coefficient (Wildman–Crippen LogP) is 2.66. The monoisotopic (exact) mass is 325 g/mol. The van der Waals surface area contributed by atoms with Crippen LogP contribution in [0, 0.1) is 0 Å². The fraction of sp³-hybridized carbons (Fsp3) is 0.500. The maximum Gasteiger partial charge on any atom is 0.329 e. The van der Waals surface area contributed by atoms with E-state index in [1.54, 1.807) is 0 Å². The Morgan fingerprint density at radius 2 is 1.83 bits per heavy atom. The first-order valence-corrected chi connectivity index (χ1v) is 8.77. The first-order valence-electron chi connectivity index (χ1n) is 8.77. The topological polar surface area (TPSA) is 57.6 Å².